The molecule has 1 aromatic carbocycles. The smallest absolute Gasteiger partial charge is 0.225 e. The summed E-state index contributed by atoms with van der Waals surface area (Å²) in [5.74, 6) is 1.07. The van der Waals surface area contributed by atoms with Gasteiger partial charge in [-0.2, -0.15) is 5.26 Å². The Balaban J connectivity index is 1.53. The predicted octanol–water partition coefficient (Wildman–Crippen LogP) is 4.69. The Morgan fingerprint density at radius 1 is 1.31 bits per heavy atom. The number of anilines is 1. The molecule has 4 nitrogen and oxygen atoms in total. The van der Waals surface area contributed by atoms with E-state index in [1.165, 1.54) is 22.9 Å². The number of aryl methyl sites for hydroxylation is 2. The first kappa shape index (κ1) is 18.5. The van der Waals surface area contributed by atoms with Gasteiger partial charge < -0.3 is 5.32 Å². The fourth-order valence-electron chi connectivity index (χ4n) is 3.06. The van der Waals surface area contributed by atoms with Crippen molar-refractivity contribution in [1.82, 2.24) is 4.98 Å². The maximum absolute atomic E-state index is 12.2. The number of nitrogens with one attached hydrogen (secondary N) is 1. The number of carbonyl (C=O) groups is 1. The van der Waals surface area contributed by atoms with E-state index in [9.17, 15) is 10.1 Å². The van der Waals surface area contributed by atoms with E-state index < -0.39 is 0 Å². The molecule has 0 fully saturated rings. The molecule has 2 aromatic rings. The number of hydrogen-bond donors (Lipinski definition) is 1. The number of nitrogens with zero attached hydrogens (tertiary/aromatic N) is 2. The zero-order valence-corrected chi connectivity index (χ0v) is 16.0. The van der Waals surface area contributed by atoms with Crippen LogP contribution in [0.5, 0.6) is 0 Å². The standard InChI is InChI=1S/C21H23N3OS/c1-14(2)15-6-8-18(9-7-15)23-20(25)10-11-26-21-17(13-22)12-16-4-3-5-19(16)24-21/h6-9,12,14H,3-5,10-11H2,1-2H3,(H,23,25). The number of amides is 1. The van der Waals surface area contributed by atoms with Crippen LogP contribution in [0.3, 0.4) is 0 Å². The second-order valence-electron chi connectivity index (χ2n) is 6.84. The average molecular weight is 366 g/mol. The molecular weight excluding hydrogens is 342 g/mol. The SMILES string of the molecule is CC(C)c1ccc(NC(=O)CCSc2nc3c(cc2C#N)CCC3)cc1. The highest BCUT2D eigenvalue weighted by Crippen LogP contribution is 2.28. The number of rotatable bonds is 6. The van der Waals surface area contributed by atoms with Crippen molar-refractivity contribution in [3.8, 4) is 6.07 Å². The van der Waals surface area contributed by atoms with Gasteiger partial charge in [-0.15, -0.1) is 11.8 Å². The van der Waals surface area contributed by atoms with Gasteiger partial charge in [0.1, 0.15) is 11.1 Å². The number of fused-ring (bicyclic) bond motifs is 1. The number of benzene rings is 1. The van der Waals surface area contributed by atoms with Gasteiger partial charge in [-0.3, -0.25) is 4.79 Å². The van der Waals surface area contributed by atoms with E-state index in [0.717, 1.165) is 35.7 Å². The topological polar surface area (TPSA) is 65.8 Å². The van der Waals surface area contributed by atoms with E-state index in [4.69, 9.17) is 0 Å². The minimum Gasteiger partial charge on any atom is -0.326 e. The van der Waals surface area contributed by atoms with Crippen molar-refractivity contribution in [3.05, 3.63) is 52.7 Å². The van der Waals surface area contributed by atoms with Gasteiger partial charge in [0.25, 0.3) is 0 Å². The molecule has 0 spiro atoms. The Bertz CT molecular complexity index is 838. The molecule has 0 atom stereocenters. The Morgan fingerprint density at radius 3 is 2.77 bits per heavy atom. The van der Waals surface area contributed by atoms with Crippen LogP contribution in [0.15, 0.2) is 35.4 Å². The fraction of sp³-hybridized carbons (Fsp3) is 0.381. The molecule has 1 aromatic heterocycles. The summed E-state index contributed by atoms with van der Waals surface area (Å²) in [6.45, 7) is 4.29. The van der Waals surface area contributed by atoms with Gasteiger partial charge in [-0.1, -0.05) is 26.0 Å². The van der Waals surface area contributed by atoms with Crippen molar-refractivity contribution in [2.75, 3.05) is 11.1 Å². The van der Waals surface area contributed by atoms with Gasteiger partial charge in [-0.25, -0.2) is 4.98 Å². The van der Waals surface area contributed by atoms with Crippen molar-refractivity contribution >= 4 is 23.4 Å². The molecule has 0 radical (unpaired) electrons. The third-order valence-corrected chi connectivity index (χ3v) is 5.56. The minimum atomic E-state index is -0.0190. The summed E-state index contributed by atoms with van der Waals surface area (Å²) in [6, 6.07) is 12.2. The van der Waals surface area contributed by atoms with Gasteiger partial charge in [0.05, 0.1) is 5.56 Å². The highest BCUT2D eigenvalue weighted by atomic mass is 32.2. The Hall–Kier alpha value is -2.32. The molecule has 1 N–H and O–H groups in total. The summed E-state index contributed by atoms with van der Waals surface area (Å²) in [4.78, 5) is 16.8. The zero-order valence-electron chi connectivity index (χ0n) is 15.2. The lowest BCUT2D eigenvalue weighted by Gasteiger charge is -2.09. The molecule has 0 bridgehead atoms. The maximum Gasteiger partial charge on any atom is 0.225 e. The molecule has 1 amide bonds. The molecule has 134 valence electrons. The number of thioether (sulfide) groups is 1. The minimum absolute atomic E-state index is 0.0190. The van der Waals surface area contributed by atoms with Crippen LogP contribution < -0.4 is 5.32 Å². The van der Waals surface area contributed by atoms with Crippen molar-refractivity contribution in [2.45, 2.75) is 50.5 Å². The van der Waals surface area contributed by atoms with E-state index >= 15 is 0 Å². The Kier molecular flexibility index (Phi) is 5.95. The summed E-state index contributed by atoms with van der Waals surface area (Å²) in [6.07, 6.45) is 3.50. The first-order valence-electron chi connectivity index (χ1n) is 9.02. The van der Waals surface area contributed by atoms with Crippen LogP contribution in [0.2, 0.25) is 0 Å². The normalized spacial score (nSPS) is 12.7. The highest BCUT2D eigenvalue weighted by molar-refractivity contribution is 7.99. The molecule has 26 heavy (non-hydrogen) atoms. The summed E-state index contributed by atoms with van der Waals surface area (Å²) in [7, 11) is 0. The molecule has 0 unspecified atom stereocenters. The van der Waals surface area contributed by atoms with E-state index in [1.807, 2.05) is 30.3 Å². The average Bonchev–Trinajstić information content (AvgIpc) is 3.08. The van der Waals surface area contributed by atoms with Crippen LogP contribution in [0.1, 0.15) is 55.0 Å². The van der Waals surface area contributed by atoms with Crippen LogP contribution in [0.25, 0.3) is 0 Å². The van der Waals surface area contributed by atoms with Crippen LogP contribution >= 0.6 is 11.8 Å². The first-order chi connectivity index (χ1) is 12.6. The van der Waals surface area contributed by atoms with Gasteiger partial charge in [0.2, 0.25) is 5.91 Å². The third kappa shape index (κ3) is 4.44. The lowest BCUT2D eigenvalue weighted by atomic mass is 10.0. The second kappa shape index (κ2) is 8.37. The maximum atomic E-state index is 12.2. The van der Waals surface area contributed by atoms with Gasteiger partial charge in [0.15, 0.2) is 0 Å². The zero-order chi connectivity index (χ0) is 18.5. The molecule has 0 saturated carbocycles. The van der Waals surface area contributed by atoms with Crippen LogP contribution in [0.4, 0.5) is 5.69 Å². The monoisotopic (exact) mass is 365 g/mol. The van der Waals surface area contributed by atoms with Gasteiger partial charge >= 0.3 is 0 Å². The van der Waals surface area contributed by atoms with E-state index in [2.05, 4.69) is 30.2 Å². The number of pyridine rings is 1. The molecule has 0 aliphatic heterocycles. The Labute approximate surface area is 159 Å². The summed E-state index contributed by atoms with van der Waals surface area (Å²) >= 11 is 1.49. The lowest BCUT2D eigenvalue weighted by molar-refractivity contribution is -0.115. The molecule has 0 saturated heterocycles. The van der Waals surface area contributed by atoms with Crippen LogP contribution in [0, 0.1) is 11.3 Å². The van der Waals surface area contributed by atoms with E-state index in [0.29, 0.717) is 23.7 Å². The molecule has 3 rings (SSSR count). The molecule has 1 aliphatic carbocycles. The number of carbonyl (C=O) groups excluding carboxylic acids is 1. The quantitative estimate of drug-likeness (QED) is 0.755. The third-order valence-electron chi connectivity index (χ3n) is 4.57. The predicted molar refractivity (Wildman–Crippen MR) is 105 cm³/mol. The number of aromatic nitrogens is 1. The summed E-state index contributed by atoms with van der Waals surface area (Å²) in [5.41, 5.74) is 5.01. The molecule has 1 heterocycles. The highest BCUT2D eigenvalue weighted by Gasteiger charge is 2.17. The summed E-state index contributed by atoms with van der Waals surface area (Å²) < 4.78 is 0. The Morgan fingerprint density at radius 2 is 2.08 bits per heavy atom. The summed E-state index contributed by atoms with van der Waals surface area (Å²) in [5, 5.41) is 13.0. The lowest BCUT2D eigenvalue weighted by Crippen LogP contribution is -2.12. The van der Waals surface area contributed by atoms with Gasteiger partial charge in [0, 0.05) is 23.6 Å². The van der Waals surface area contributed by atoms with Crippen LogP contribution in [-0.2, 0) is 17.6 Å². The fourth-order valence-corrected chi connectivity index (χ4v) is 3.97. The van der Waals surface area contributed by atoms with Crippen molar-refractivity contribution in [3.63, 3.8) is 0 Å². The van der Waals surface area contributed by atoms with Crippen molar-refractivity contribution in [2.24, 2.45) is 0 Å². The van der Waals surface area contributed by atoms with Crippen molar-refractivity contribution in [1.29, 1.82) is 5.26 Å². The molecular formula is C21H23N3OS. The van der Waals surface area contributed by atoms with Gasteiger partial charge in [-0.05, 0) is 54.5 Å². The largest absolute Gasteiger partial charge is 0.326 e. The van der Waals surface area contributed by atoms with E-state index in [-0.39, 0.29) is 5.91 Å². The van der Waals surface area contributed by atoms with Crippen LogP contribution in [-0.4, -0.2) is 16.6 Å². The number of hydrogen-bond acceptors (Lipinski definition) is 4. The number of nitriles is 1. The second-order valence-corrected chi connectivity index (χ2v) is 7.92. The first-order valence-corrected chi connectivity index (χ1v) is 10.0. The van der Waals surface area contributed by atoms with E-state index in [1.54, 1.807) is 0 Å². The van der Waals surface area contributed by atoms with Crippen molar-refractivity contribution < 1.29 is 4.79 Å². The molecule has 5 heteroatoms. The molecule has 1 aliphatic rings.